The summed E-state index contributed by atoms with van der Waals surface area (Å²) < 4.78 is 16.5. The van der Waals surface area contributed by atoms with Crippen molar-refractivity contribution in [3.63, 3.8) is 0 Å². The molecule has 0 saturated heterocycles. The fraction of sp³-hybridized carbons (Fsp3) is 0.241. The molecule has 2 N–H and O–H groups in total. The predicted molar refractivity (Wildman–Crippen MR) is 132 cm³/mol. The molecule has 3 aliphatic carbocycles. The van der Waals surface area contributed by atoms with Gasteiger partial charge in [0.15, 0.2) is 0 Å². The van der Waals surface area contributed by atoms with Crippen molar-refractivity contribution in [2.75, 3.05) is 0 Å². The van der Waals surface area contributed by atoms with Gasteiger partial charge in [0.25, 0.3) is 5.91 Å². The van der Waals surface area contributed by atoms with Crippen LogP contribution in [0.4, 0.5) is 4.39 Å². The number of hydrogen-bond acceptors (Lipinski definition) is 2. The Morgan fingerprint density at radius 2 is 1.60 bits per heavy atom. The third-order valence-corrected chi connectivity index (χ3v) is 7.58. The largest absolute Gasteiger partial charge is 0.481 e. The highest BCUT2D eigenvalue weighted by Gasteiger charge is 2.68. The van der Waals surface area contributed by atoms with E-state index in [1.54, 1.807) is 12.1 Å². The first-order valence-electron chi connectivity index (χ1n) is 11.8. The first kappa shape index (κ1) is 21.6. The highest BCUT2D eigenvalue weighted by molar-refractivity contribution is 6.06. The van der Waals surface area contributed by atoms with Crippen molar-refractivity contribution in [2.45, 2.75) is 37.8 Å². The highest BCUT2D eigenvalue weighted by atomic mass is 19.1. The molecule has 0 radical (unpaired) electrons. The van der Waals surface area contributed by atoms with Gasteiger partial charge in [0.2, 0.25) is 0 Å². The molecule has 3 aliphatic rings. The third-order valence-electron chi connectivity index (χ3n) is 7.58. The van der Waals surface area contributed by atoms with Crippen LogP contribution in [0.15, 0.2) is 79.0 Å². The number of nitrogens with one attached hydrogen (secondary N) is 1. The lowest BCUT2D eigenvalue weighted by atomic mass is 9.38. The first-order valence-corrected chi connectivity index (χ1v) is 11.8. The van der Waals surface area contributed by atoms with Crippen LogP contribution in [0.3, 0.4) is 0 Å². The van der Waals surface area contributed by atoms with Gasteiger partial charge in [-0.3, -0.25) is 9.59 Å². The van der Waals surface area contributed by atoms with Crippen LogP contribution in [0.2, 0.25) is 0 Å². The molecule has 3 fully saturated rings. The van der Waals surface area contributed by atoms with E-state index in [0.29, 0.717) is 42.3 Å². The zero-order valence-corrected chi connectivity index (χ0v) is 19.1. The maximum absolute atomic E-state index is 14.6. The summed E-state index contributed by atoms with van der Waals surface area (Å²) in [6.45, 7) is 0.509. The summed E-state index contributed by atoms with van der Waals surface area (Å²) in [5.74, 6) is -1.39. The maximum Gasteiger partial charge on any atom is 0.303 e. The number of carboxylic acid groups (broad SMARTS) is 1. The van der Waals surface area contributed by atoms with E-state index in [0.717, 1.165) is 16.7 Å². The molecule has 1 heterocycles. The third kappa shape index (κ3) is 3.70. The van der Waals surface area contributed by atoms with E-state index in [1.807, 2.05) is 29.0 Å². The smallest absolute Gasteiger partial charge is 0.303 e. The average molecular weight is 469 g/mol. The Morgan fingerprint density at radius 3 is 2.29 bits per heavy atom. The van der Waals surface area contributed by atoms with Crippen LogP contribution in [0.1, 0.15) is 41.6 Å². The van der Waals surface area contributed by atoms with Gasteiger partial charge in [-0.2, -0.15) is 0 Å². The molecule has 6 heteroatoms. The SMILES string of the molecule is O=C(O)CC12CC(NC(=O)c3ccc(F)c4ccn(Cc5ccc(-c6ccccc6)cc5)c34)(C1)C2. The first-order chi connectivity index (χ1) is 16.9. The number of carboxylic acids is 1. The molecule has 7 rings (SSSR count). The molecule has 176 valence electrons. The molecule has 0 atom stereocenters. The Hall–Kier alpha value is -3.93. The number of halogens is 1. The summed E-state index contributed by atoms with van der Waals surface area (Å²) in [4.78, 5) is 24.4. The molecule has 3 saturated carbocycles. The number of fused-ring (bicyclic) bond motifs is 1. The average Bonchev–Trinajstić information content (AvgIpc) is 3.22. The molecule has 2 bridgehead atoms. The zero-order chi connectivity index (χ0) is 24.2. The zero-order valence-electron chi connectivity index (χ0n) is 19.1. The molecule has 4 aromatic rings. The second-order valence-corrected chi connectivity index (χ2v) is 10.2. The van der Waals surface area contributed by atoms with Crippen LogP contribution >= 0.6 is 0 Å². The minimum absolute atomic E-state index is 0.150. The minimum Gasteiger partial charge on any atom is -0.481 e. The van der Waals surface area contributed by atoms with Crippen LogP contribution in [0.25, 0.3) is 22.0 Å². The fourth-order valence-corrected chi connectivity index (χ4v) is 6.18. The molecule has 1 aromatic heterocycles. The van der Waals surface area contributed by atoms with Crippen LogP contribution in [-0.2, 0) is 11.3 Å². The summed E-state index contributed by atoms with van der Waals surface area (Å²) in [7, 11) is 0. The lowest BCUT2D eigenvalue weighted by Crippen LogP contribution is -2.75. The number of aromatic nitrogens is 1. The van der Waals surface area contributed by atoms with Crippen molar-refractivity contribution in [2.24, 2.45) is 5.41 Å². The predicted octanol–water partition coefficient (Wildman–Crippen LogP) is 5.62. The van der Waals surface area contributed by atoms with Crippen LogP contribution in [0, 0.1) is 11.2 Å². The molecule has 35 heavy (non-hydrogen) atoms. The standard InChI is InChI=1S/C29H25FN2O3/c30-24-11-10-23(27(35)31-29-16-28(17-29,18-29)14-25(33)34)26-22(24)12-13-32(26)15-19-6-8-21(9-7-19)20-4-2-1-3-5-20/h1-13H,14-18H2,(H,31,35)(H,33,34). The minimum atomic E-state index is -0.792. The van der Waals surface area contributed by atoms with Crippen molar-refractivity contribution in [3.8, 4) is 11.1 Å². The summed E-state index contributed by atoms with van der Waals surface area (Å²) in [5, 5.41) is 12.6. The molecule has 5 nitrogen and oxygen atoms in total. The topological polar surface area (TPSA) is 71.3 Å². The maximum atomic E-state index is 14.6. The Bertz CT molecular complexity index is 1440. The molecule has 1 amide bonds. The second-order valence-electron chi connectivity index (χ2n) is 10.2. The highest BCUT2D eigenvalue weighted by Crippen LogP contribution is 2.69. The Morgan fingerprint density at radius 1 is 0.914 bits per heavy atom. The number of amides is 1. The van der Waals surface area contributed by atoms with E-state index in [-0.39, 0.29) is 29.1 Å². The van der Waals surface area contributed by atoms with E-state index < -0.39 is 5.97 Å². The van der Waals surface area contributed by atoms with Gasteiger partial charge in [-0.05, 0) is 59.6 Å². The summed E-state index contributed by atoms with van der Waals surface area (Å²) in [6.07, 6.45) is 4.04. The van der Waals surface area contributed by atoms with E-state index in [2.05, 4.69) is 41.7 Å². The normalized spacial score (nSPS) is 22.3. The van der Waals surface area contributed by atoms with E-state index >= 15 is 0 Å². The number of hydrogen-bond donors (Lipinski definition) is 2. The molecule has 3 aromatic carbocycles. The Kier molecular flexibility index (Phi) is 4.81. The van der Waals surface area contributed by atoms with Crippen molar-refractivity contribution < 1.29 is 19.1 Å². The molecule has 0 unspecified atom stereocenters. The van der Waals surface area contributed by atoms with E-state index in [4.69, 9.17) is 5.11 Å². The molecular weight excluding hydrogens is 443 g/mol. The Labute approximate surface area is 202 Å². The molecule has 0 spiro atoms. The van der Waals surface area contributed by atoms with E-state index in [9.17, 15) is 14.0 Å². The van der Waals surface area contributed by atoms with Gasteiger partial charge in [-0.1, -0.05) is 54.6 Å². The van der Waals surface area contributed by atoms with Crippen molar-refractivity contribution in [1.82, 2.24) is 9.88 Å². The van der Waals surface area contributed by atoms with E-state index in [1.165, 1.54) is 6.07 Å². The van der Waals surface area contributed by atoms with Gasteiger partial charge in [0, 0.05) is 23.7 Å². The van der Waals surface area contributed by atoms with Crippen molar-refractivity contribution in [1.29, 1.82) is 0 Å². The second kappa shape index (κ2) is 7.80. The number of nitrogens with zero attached hydrogens (tertiary/aromatic N) is 1. The number of aliphatic carboxylic acids is 1. The van der Waals surface area contributed by atoms with Crippen molar-refractivity contribution >= 4 is 22.8 Å². The number of carbonyl (C=O) groups excluding carboxylic acids is 1. The van der Waals surface area contributed by atoms with Gasteiger partial charge in [0.1, 0.15) is 5.82 Å². The monoisotopic (exact) mass is 468 g/mol. The quantitative estimate of drug-likeness (QED) is 0.370. The van der Waals surface area contributed by atoms with Crippen molar-refractivity contribution in [3.05, 3.63) is 95.9 Å². The fourth-order valence-electron chi connectivity index (χ4n) is 6.18. The van der Waals surface area contributed by atoms with Crippen LogP contribution < -0.4 is 5.32 Å². The Balaban J connectivity index is 1.24. The number of carbonyl (C=O) groups is 2. The van der Waals surface area contributed by atoms with Gasteiger partial charge in [0.05, 0.1) is 17.5 Å². The summed E-state index contributed by atoms with van der Waals surface area (Å²) in [5.41, 5.74) is 3.84. The van der Waals surface area contributed by atoms with Gasteiger partial charge in [-0.25, -0.2) is 4.39 Å². The molecular formula is C29H25FN2O3. The lowest BCUT2D eigenvalue weighted by molar-refractivity contribution is -0.172. The van der Waals surface area contributed by atoms with Crippen LogP contribution in [-0.4, -0.2) is 27.1 Å². The summed E-state index contributed by atoms with van der Waals surface area (Å²) in [6, 6.07) is 23.0. The van der Waals surface area contributed by atoms with Gasteiger partial charge < -0.3 is 15.0 Å². The number of rotatable bonds is 7. The number of benzene rings is 3. The van der Waals surface area contributed by atoms with Gasteiger partial charge in [-0.15, -0.1) is 0 Å². The van der Waals surface area contributed by atoms with Gasteiger partial charge >= 0.3 is 5.97 Å². The lowest BCUT2D eigenvalue weighted by Gasteiger charge is -2.70. The molecule has 0 aliphatic heterocycles. The summed E-state index contributed by atoms with van der Waals surface area (Å²) >= 11 is 0. The van der Waals surface area contributed by atoms with Crippen LogP contribution in [0.5, 0.6) is 0 Å².